The molecule has 2 N–H and O–H groups in total. The van der Waals surface area contributed by atoms with Crippen molar-refractivity contribution in [2.24, 2.45) is 5.92 Å². The minimum absolute atomic E-state index is 0.112. The Kier molecular flexibility index (Phi) is 5.55. The second kappa shape index (κ2) is 7.67. The Bertz CT molecular complexity index is 710. The lowest BCUT2D eigenvalue weighted by Gasteiger charge is -2.40. The quantitative estimate of drug-likeness (QED) is 0.848. The second-order valence-corrected chi connectivity index (χ2v) is 7.21. The maximum absolute atomic E-state index is 14.5. The van der Waals surface area contributed by atoms with Crippen molar-refractivity contribution in [1.82, 2.24) is 0 Å². The van der Waals surface area contributed by atoms with Gasteiger partial charge < -0.3 is 10.2 Å². The molecule has 0 bridgehead atoms. The van der Waals surface area contributed by atoms with Gasteiger partial charge >= 0.3 is 0 Å². The van der Waals surface area contributed by atoms with Crippen molar-refractivity contribution in [3.8, 4) is 0 Å². The predicted molar refractivity (Wildman–Crippen MR) is 98.0 cm³/mol. The molecule has 0 saturated heterocycles. The predicted octanol–water partition coefficient (Wildman–Crippen LogP) is 4.35. The van der Waals surface area contributed by atoms with Crippen molar-refractivity contribution in [2.75, 3.05) is 6.61 Å². The summed E-state index contributed by atoms with van der Waals surface area (Å²) in [5.74, 6) is -0.678. The molecule has 0 aliphatic heterocycles. The van der Waals surface area contributed by atoms with E-state index < -0.39 is 5.60 Å². The number of rotatable bonds is 5. The third kappa shape index (κ3) is 3.78. The van der Waals surface area contributed by atoms with Crippen LogP contribution in [0.1, 0.15) is 54.9 Å². The first-order valence-electron chi connectivity index (χ1n) is 9.26. The van der Waals surface area contributed by atoms with Gasteiger partial charge in [-0.2, -0.15) is 0 Å². The van der Waals surface area contributed by atoms with E-state index in [4.69, 9.17) is 0 Å². The molecule has 2 nitrogen and oxygen atoms in total. The van der Waals surface area contributed by atoms with Crippen LogP contribution in [0, 0.1) is 11.7 Å². The summed E-state index contributed by atoms with van der Waals surface area (Å²) in [6.45, 7) is 2.02. The van der Waals surface area contributed by atoms with Gasteiger partial charge in [-0.1, -0.05) is 50.1 Å². The van der Waals surface area contributed by atoms with Crippen LogP contribution in [0.2, 0.25) is 0 Å². The average molecular weight is 342 g/mol. The van der Waals surface area contributed by atoms with Crippen LogP contribution in [0.5, 0.6) is 0 Å². The highest BCUT2D eigenvalue weighted by molar-refractivity contribution is 5.35. The Morgan fingerprint density at radius 3 is 2.40 bits per heavy atom. The summed E-state index contributed by atoms with van der Waals surface area (Å²) in [5, 5.41) is 20.8. The van der Waals surface area contributed by atoms with E-state index in [2.05, 4.69) is 31.2 Å². The normalized spacial score (nSPS) is 23.6. The van der Waals surface area contributed by atoms with Crippen LogP contribution >= 0.6 is 0 Å². The molecule has 2 unspecified atom stereocenters. The zero-order chi connectivity index (χ0) is 17.9. The van der Waals surface area contributed by atoms with Gasteiger partial charge in [0.25, 0.3) is 0 Å². The zero-order valence-corrected chi connectivity index (χ0v) is 14.8. The molecule has 0 heterocycles. The van der Waals surface area contributed by atoms with E-state index >= 15 is 0 Å². The van der Waals surface area contributed by atoms with Crippen molar-refractivity contribution < 1.29 is 14.6 Å². The topological polar surface area (TPSA) is 40.5 Å². The monoisotopic (exact) mass is 342 g/mol. The van der Waals surface area contributed by atoms with Gasteiger partial charge in [0.1, 0.15) is 5.82 Å². The number of halogens is 1. The van der Waals surface area contributed by atoms with E-state index in [-0.39, 0.29) is 18.3 Å². The molecular weight excluding hydrogens is 315 g/mol. The summed E-state index contributed by atoms with van der Waals surface area (Å²) in [4.78, 5) is 0. The Labute approximate surface area is 149 Å². The summed E-state index contributed by atoms with van der Waals surface area (Å²) >= 11 is 0. The molecule has 25 heavy (non-hydrogen) atoms. The van der Waals surface area contributed by atoms with Crippen molar-refractivity contribution in [3.05, 3.63) is 70.5 Å². The van der Waals surface area contributed by atoms with Crippen molar-refractivity contribution in [2.45, 2.75) is 51.0 Å². The fourth-order valence-electron chi connectivity index (χ4n) is 3.97. The first-order valence-corrected chi connectivity index (χ1v) is 9.26. The van der Waals surface area contributed by atoms with Crippen LogP contribution < -0.4 is 0 Å². The Morgan fingerprint density at radius 1 is 1.04 bits per heavy atom. The van der Waals surface area contributed by atoms with E-state index in [9.17, 15) is 14.6 Å². The van der Waals surface area contributed by atoms with Gasteiger partial charge in [0.05, 0.1) is 5.60 Å². The standard InChI is InChI=1S/C22H27FO2/c1-2-16-6-8-17(9-7-16)13-18-10-11-21(23)20(14-18)22(25)12-4-3-5-19(22)15-24/h6-11,14,19,24-25H,2-5,12-13,15H2,1H3. The molecule has 1 saturated carbocycles. The Morgan fingerprint density at radius 2 is 1.72 bits per heavy atom. The first kappa shape index (κ1) is 18.1. The maximum atomic E-state index is 14.5. The van der Waals surface area contributed by atoms with E-state index in [0.29, 0.717) is 18.4 Å². The molecule has 0 aromatic heterocycles. The first-order chi connectivity index (χ1) is 12.1. The molecule has 0 amide bonds. The third-order valence-electron chi connectivity index (χ3n) is 5.59. The number of aliphatic hydroxyl groups is 2. The summed E-state index contributed by atoms with van der Waals surface area (Å²) < 4.78 is 14.5. The number of hydrogen-bond donors (Lipinski definition) is 2. The van der Waals surface area contributed by atoms with Crippen molar-refractivity contribution in [1.29, 1.82) is 0 Å². The minimum Gasteiger partial charge on any atom is -0.396 e. The number of aliphatic hydroxyl groups excluding tert-OH is 1. The number of hydrogen-bond acceptors (Lipinski definition) is 2. The fraction of sp³-hybridized carbons (Fsp3) is 0.455. The van der Waals surface area contributed by atoms with Crippen LogP contribution in [0.4, 0.5) is 4.39 Å². The highest BCUT2D eigenvalue weighted by Crippen LogP contribution is 2.42. The molecule has 1 aliphatic rings. The second-order valence-electron chi connectivity index (χ2n) is 7.21. The molecule has 3 heteroatoms. The minimum atomic E-state index is -1.26. The highest BCUT2D eigenvalue weighted by Gasteiger charge is 2.41. The highest BCUT2D eigenvalue weighted by atomic mass is 19.1. The van der Waals surface area contributed by atoms with Gasteiger partial charge in [-0.05, 0) is 54.5 Å². The third-order valence-corrected chi connectivity index (χ3v) is 5.59. The van der Waals surface area contributed by atoms with Gasteiger partial charge in [-0.15, -0.1) is 0 Å². The Hall–Kier alpha value is -1.71. The molecule has 1 aliphatic carbocycles. The summed E-state index contributed by atoms with van der Waals surface area (Å²) in [6, 6.07) is 13.5. The lowest BCUT2D eigenvalue weighted by Crippen LogP contribution is -2.40. The van der Waals surface area contributed by atoms with E-state index in [1.807, 2.05) is 0 Å². The molecule has 2 atom stereocenters. The number of benzene rings is 2. The molecule has 134 valence electrons. The SMILES string of the molecule is CCc1ccc(Cc2ccc(F)c(C3(O)CCCCC3CO)c2)cc1. The summed E-state index contributed by atoms with van der Waals surface area (Å²) in [6.07, 6.45) is 4.78. The summed E-state index contributed by atoms with van der Waals surface area (Å²) in [7, 11) is 0. The molecular formula is C22H27FO2. The van der Waals surface area contributed by atoms with Gasteiger partial charge in [-0.25, -0.2) is 4.39 Å². The zero-order valence-electron chi connectivity index (χ0n) is 14.8. The van der Waals surface area contributed by atoms with Crippen molar-refractivity contribution in [3.63, 3.8) is 0 Å². The molecule has 3 rings (SSSR count). The largest absolute Gasteiger partial charge is 0.396 e. The molecule has 0 spiro atoms. The van der Waals surface area contributed by atoms with Crippen molar-refractivity contribution >= 4 is 0 Å². The van der Waals surface area contributed by atoms with Gasteiger partial charge in [0, 0.05) is 18.1 Å². The van der Waals surface area contributed by atoms with Crippen LogP contribution in [0.3, 0.4) is 0 Å². The van der Waals surface area contributed by atoms with Crippen LogP contribution in [-0.4, -0.2) is 16.8 Å². The smallest absolute Gasteiger partial charge is 0.129 e. The number of aryl methyl sites for hydroxylation is 1. The van der Waals surface area contributed by atoms with Gasteiger partial charge in [0.15, 0.2) is 0 Å². The molecule has 2 aromatic rings. The van der Waals surface area contributed by atoms with Crippen LogP contribution in [-0.2, 0) is 18.4 Å². The molecule has 2 aromatic carbocycles. The van der Waals surface area contributed by atoms with Crippen LogP contribution in [0.15, 0.2) is 42.5 Å². The Balaban J connectivity index is 1.89. The average Bonchev–Trinajstić information content (AvgIpc) is 2.64. The van der Waals surface area contributed by atoms with E-state index in [1.54, 1.807) is 12.1 Å². The van der Waals surface area contributed by atoms with Gasteiger partial charge in [-0.3, -0.25) is 0 Å². The molecule has 0 radical (unpaired) electrons. The van der Waals surface area contributed by atoms with E-state index in [0.717, 1.165) is 31.2 Å². The molecule has 1 fully saturated rings. The lowest BCUT2D eigenvalue weighted by atomic mass is 9.71. The fourth-order valence-corrected chi connectivity index (χ4v) is 3.97. The lowest BCUT2D eigenvalue weighted by molar-refractivity contribution is -0.0752. The summed E-state index contributed by atoms with van der Waals surface area (Å²) in [5.41, 5.74) is 2.53. The maximum Gasteiger partial charge on any atom is 0.129 e. The van der Waals surface area contributed by atoms with Gasteiger partial charge in [0.2, 0.25) is 0 Å². The van der Waals surface area contributed by atoms with Crippen LogP contribution in [0.25, 0.3) is 0 Å². The van der Waals surface area contributed by atoms with E-state index in [1.165, 1.54) is 17.2 Å².